The standard InChI is InChI=1S/C19H19N5O/c25-19(12-1-2-12)23-17-8-15-7-13(3-4-14(15)9-21-17)16-10-22-18-11-20-5-6-24(16)18/h3-4,7-10,12,20H,1-2,5-6,11H2,(H,21,23,25). The first-order chi connectivity index (χ1) is 12.3. The van der Waals surface area contributed by atoms with E-state index in [4.69, 9.17) is 0 Å². The molecule has 1 amide bonds. The summed E-state index contributed by atoms with van der Waals surface area (Å²) >= 11 is 0. The van der Waals surface area contributed by atoms with E-state index in [9.17, 15) is 4.79 Å². The van der Waals surface area contributed by atoms with Crippen LogP contribution >= 0.6 is 0 Å². The van der Waals surface area contributed by atoms with Crippen LogP contribution in [0.3, 0.4) is 0 Å². The van der Waals surface area contributed by atoms with Gasteiger partial charge in [-0.3, -0.25) is 4.79 Å². The van der Waals surface area contributed by atoms with E-state index in [1.54, 1.807) is 0 Å². The van der Waals surface area contributed by atoms with Crippen molar-refractivity contribution in [3.8, 4) is 11.3 Å². The molecule has 25 heavy (non-hydrogen) atoms. The Balaban J connectivity index is 1.51. The first kappa shape index (κ1) is 14.6. The van der Waals surface area contributed by atoms with Crippen molar-refractivity contribution in [2.24, 2.45) is 5.92 Å². The lowest BCUT2D eigenvalue weighted by Crippen LogP contribution is -2.28. The number of rotatable bonds is 3. The maximum absolute atomic E-state index is 12.0. The lowest BCUT2D eigenvalue weighted by atomic mass is 10.1. The van der Waals surface area contributed by atoms with Crippen LogP contribution in [0.5, 0.6) is 0 Å². The second kappa shape index (κ2) is 5.67. The van der Waals surface area contributed by atoms with Gasteiger partial charge in [-0.15, -0.1) is 0 Å². The number of hydrogen-bond donors (Lipinski definition) is 2. The summed E-state index contributed by atoms with van der Waals surface area (Å²) in [5, 5.41) is 8.40. The third-order valence-electron chi connectivity index (χ3n) is 4.95. The summed E-state index contributed by atoms with van der Waals surface area (Å²) in [5.41, 5.74) is 2.28. The minimum Gasteiger partial charge on any atom is -0.326 e. The van der Waals surface area contributed by atoms with Gasteiger partial charge in [0.15, 0.2) is 0 Å². The number of nitrogens with zero attached hydrogens (tertiary/aromatic N) is 3. The molecule has 1 aliphatic heterocycles. The third kappa shape index (κ3) is 2.68. The summed E-state index contributed by atoms with van der Waals surface area (Å²) in [5.74, 6) is 1.96. The summed E-state index contributed by atoms with van der Waals surface area (Å²) in [7, 11) is 0. The normalized spacial score (nSPS) is 16.6. The molecule has 2 aliphatic rings. The molecule has 126 valence electrons. The van der Waals surface area contributed by atoms with Crippen LogP contribution in [-0.2, 0) is 17.9 Å². The fourth-order valence-electron chi connectivity index (χ4n) is 3.37. The monoisotopic (exact) mass is 333 g/mol. The topological polar surface area (TPSA) is 71.8 Å². The van der Waals surface area contributed by atoms with Crippen molar-refractivity contribution in [3.05, 3.63) is 42.5 Å². The van der Waals surface area contributed by atoms with Crippen LogP contribution in [-0.4, -0.2) is 27.0 Å². The predicted octanol–water partition coefficient (Wildman–Crippen LogP) is 2.55. The molecule has 1 aromatic carbocycles. The first-order valence-electron chi connectivity index (χ1n) is 8.74. The Labute approximate surface area is 145 Å². The maximum Gasteiger partial charge on any atom is 0.228 e. The number of fused-ring (bicyclic) bond motifs is 2. The van der Waals surface area contributed by atoms with Crippen molar-refractivity contribution in [1.29, 1.82) is 0 Å². The van der Waals surface area contributed by atoms with Gasteiger partial charge >= 0.3 is 0 Å². The van der Waals surface area contributed by atoms with Crippen LogP contribution in [0.4, 0.5) is 5.82 Å². The van der Waals surface area contributed by atoms with E-state index >= 15 is 0 Å². The SMILES string of the molecule is O=C(Nc1cc2cc(-c3cnc4n3CCNC4)ccc2cn1)C1CC1. The van der Waals surface area contributed by atoms with Gasteiger partial charge in [-0.05, 0) is 30.4 Å². The number of carbonyl (C=O) groups excluding carboxylic acids is 1. The molecular formula is C19H19N5O. The highest BCUT2D eigenvalue weighted by Crippen LogP contribution is 2.31. The Bertz CT molecular complexity index is 973. The van der Waals surface area contributed by atoms with E-state index in [0.717, 1.165) is 60.3 Å². The van der Waals surface area contributed by atoms with Crippen LogP contribution in [0.15, 0.2) is 36.7 Å². The Hall–Kier alpha value is -2.73. The minimum absolute atomic E-state index is 0.0837. The number of amides is 1. The average Bonchev–Trinajstić information content (AvgIpc) is 3.41. The number of imidazole rings is 1. The van der Waals surface area contributed by atoms with E-state index < -0.39 is 0 Å². The summed E-state index contributed by atoms with van der Waals surface area (Å²) < 4.78 is 2.27. The number of carbonyl (C=O) groups is 1. The zero-order chi connectivity index (χ0) is 16.8. The van der Waals surface area contributed by atoms with Crippen LogP contribution < -0.4 is 10.6 Å². The number of nitrogens with one attached hydrogen (secondary N) is 2. The van der Waals surface area contributed by atoms with Gasteiger partial charge in [0.2, 0.25) is 5.91 Å². The molecule has 0 atom stereocenters. The second-order valence-corrected chi connectivity index (χ2v) is 6.78. The molecule has 0 bridgehead atoms. The number of pyridine rings is 1. The molecule has 3 heterocycles. The fourth-order valence-corrected chi connectivity index (χ4v) is 3.37. The van der Waals surface area contributed by atoms with Crippen molar-refractivity contribution in [1.82, 2.24) is 19.9 Å². The number of anilines is 1. The van der Waals surface area contributed by atoms with Crippen LogP contribution in [0.25, 0.3) is 22.0 Å². The predicted molar refractivity (Wildman–Crippen MR) is 96.0 cm³/mol. The molecule has 0 radical (unpaired) electrons. The number of hydrogen-bond acceptors (Lipinski definition) is 4. The molecular weight excluding hydrogens is 314 g/mol. The molecule has 5 rings (SSSR count). The second-order valence-electron chi connectivity index (χ2n) is 6.78. The summed E-state index contributed by atoms with van der Waals surface area (Å²) in [6.07, 6.45) is 5.74. The van der Waals surface area contributed by atoms with Crippen molar-refractivity contribution >= 4 is 22.5 Å². The molecule has 1 fully saturated rings. The van der Waals surface area contributed by atoms with Crippen molar-refractivity contribution in [3.63, 3.8) is 0 Å². The average molecular weight is 333 g/mol. The Kier molecular flexibility index (Phi) is 3.31. The van der Waals surface area contributed by atoms with Gasteiger partial charge in [0.05, 0.1) is 18.4 Å². The molecule has 6 nitrogen and oxygen atoms in total. The van der Waals surface area contributed by atoms with E-state index in [-0.39, 0.29) is 11.8 Å². The van der Waals surface area contributed by atoms with E-state index in [1.807, 2.05) is 18.5 Å². The minimum atomic E-state index is 0.0837. The highest BCUT2D eigenvalue weighted by Gasteiger charge is 2.29. The molecule has 2 aromatic heterocycles. The van der Waals surface area contributed by atoms with Gasteiger partial charge < -0.3 is 15.2 Å². The van der Waals surface area contributed by atoms with Gasteiger partial charge in [-0.1, -0.05) is 12.1 Å². The Morgan fingerprint density at radius 3 is 2.96 bits per heavy atom. The molecule has 3 aromatic rings. The largest absolute Gasteiger partial charge is 0.326 e. The Morgan fingerprint density at radius 2 is 2.08 bits per heavy atom. The van der Waals surface area contributed by atoms with E-state index in [2.05, 4.69) is 43.4 Å². The van der Waals surface area contributed by atoms with Crippen LogP contribution in [0, 0.1) is 5.92 Å². The van der Waals surface area contributed by atoms with E-state index in [0.29, 0.717) is 5.82 Å². The molecule has 0 spiro atoms. The Morgan fingerprint density at radius 1 is 1.16 bits per heavy atom. The van der Waals surface area contributed by atoms with Gasteiger partial charge in [0.1, 0.15) is 11.6 Å². The van der Waals surface area contributed by atoms with Crippen molar-refractivity contribution in [2.75, 3.05) is 11.9 Å². The molecule has 1 saturated carbocycles. The zero-order valence-corrected chi connectivity index (χ0v) is 13.8. The van der Waals surface area contributed by atoms with Gasteiger partial charge in [0.25, 0.3) is 0 Å². The van der Waals surface area contributed by atoms with Crippen molar-refractivity contribution < 1.29 is 4.79 Å². The maximum atomic E-state index is 12.0. The summed E-state index contributed by atoms with van der Waals surface area (Å²) in [6.45, 7) is 2.71. The highest BCUT2D eigenvalue weighted by molar-refractivity contribution is 5.95. The highest BCUT2D eigenvalue weighted by atomic mass is 16.2. The molecule has 0 unspecified atom stereocenters. The number of benzene rings is 1. The quantitative estimate of drug-likeness (QED) is 0.773. The van der Waals surface area contributed by atoms with Crippen LogP contribution in [0.2, 0.25) is 0 Å². The van der Waals surface area contributed by atoms with Gasteiger partial charge in [-0.2, -0.15) is 0 Å². The van der Waals surface area contributed by atoms with Gasteiger partial charge in [-0.25, -0.2) is 9.97 Å². The molecule has 6 heteroatoms. The van der Waals surface area contributed by atoms with Crippen LogP contribution in [0.1, 0.15) is 18.7 Å². The fraction of sp³-hybridized carbons (Fsp3) is 0.316. The lowest BCUT2D eigenvalue weighted by molar-refractivity contribution is -0.117. The van der Waals surface area contributed by atoms with Gasteiger partial charge in [0, 0.05) is 36.2 Å². The zero-order valence-electron chi connectivity index (χ0n) is 13.8. The molecule has 0 saturated heterocycles. The first-order valence-corrected chi connectivity index (χ1v) is 8.74. The molecule has 2 N–H and O–H groups in total. The smallest absolute Gasteiger partial charge is 0.228 e. The number of aromatic nitrogens is 3. The third-order valence-corrected chi connectivity index (χ3v) is 4.95. The summed E-state index contributed by atoms with van der Waals surface area (Å²) in [6, 6.07) is 8.29. The summed E-state index contributed by atoms with van der Waals surface area (Å²) in [4.78, 5) is 20.8. The van der Waals surface area contributed by atoms with E-state index in [1.165, 1.54) is 0 Å². The molecule has 1 aliphatic carbocycles. The lowest BCUT2D eigenvalue weighted by Gasteiger charge is -2.17. The van der Waals surface area contributed by atoms with Crippen molar-refractivity contribution in [2.45, 2.75) is 25.9 Å².